The van der Waals surface area contributed by atoms with Crippen LogP contribution in [-0.4, -0.2) is 73.8 Å². The first kappa shape index (κ1) is 15.8. The second kappa shape index (κ2) is 10.4. The van der Waals surface area contributed by atoms with Crippen molar-refractivity contribution < 1.29 is 40.9 Å². The Labute approximate surface area is 97.5 Å². The first-order valence-corrected chi connectivity index (χ1v) is 0.775. The summed E-state index contributed by atoms with van der Waals surface area (Å²) in [5, 5.41) is 21.5. The van der Waals surface area contributed by atoms with E-state index in [2.05, 4.69) is 0 Å². The summed E-state index contributed by atoms with van der Waals surface area (Å²) in [5.41, 5.74) is 0. The molecule has 0 saturated carbocycles. The zero-order valence-electron chi connectivity index (χ0n) is 2.50. The van der Waals surface area contributed by atoms with E-state index in [0.29, 0.717) is 0 Å². The summed E-state index contributed by atoms with van der Waals surface area (Å²) >= 11 is 0. The second-order valence-electron chi connectivity index (χ2n) is 0.346. The number of rotatable bonds is 0. The van der Waals surface area contributed by atoms with Gasteiger partial charge in [0.2, 0.25) is 0 Å². The summed E-state index contributed by atoms with van der Waals surface area (Å²) in [6.07, 6.45) is 0. The van der Waals surface area contributed by atoms with E-state index >= 15 is 0 Å². The molecular weight excluding hydrogens is 143 g/mol. The molecule has 0 unspecified atom stereocenters. The van der Waals surface area contributed by atoms with Crippen molar-refractivity contribution in [2.24, 2.45) is 0 Å². The van der Waals surface area contributed by atoms with Gasteiger partial charge in [-0.25, -0.2) is 0 Å². The van der Waals surface area contributed by atoms with E-state index < -0.39 is 7.32 Å². The first-order chi connectivity index (χ1) is 1.73. The minimum atomic E-state index is -2.17. The van der Waals surface area contributed by atoms with Crippen molar-refractivity contribution in [1.29, 1.82) is 0 Å². The van der Waals surface area contributed by atoms with E-state index in [-0.39, 0.29) is 77.2 Å². The van der Waals surface area contributed by atoms with Gasteiger partial charge in [-0.05, 0) is 0 Å². The van der Waals surface area contributed by atoms with Crippen LogP contribution in [0.1, 0.15) is 0 Å². The Hall–Kier alpha value is 2.45. The average Bonchev–Trinajstić information content (AvgIpc) is 0.811. The van der Waals surface area contributed by atoms with E-state index in [1.54, 1.807) is 0 Å². The maximum Gasteiger partial charge on any atom is 0 e. The van der Waals surface area contributed by atoms with Gasteiger partial charge in [0.15, 0.2) is 0 Å². The Morgan fingerprint density at radius 2 is 1.00 bits per heavy atom. The molecule has 0 atom stereocenters. The summed E-state index contributed by atoms with van der Waals surface area (Å²) < 4.78 is 0. The Balaban J connectivity index is -0.0000000450. The molecule has 0 amide bonds. The molecule has 0 aliphatic rings. The molecule has 0 fully saturated rings. The minimum Gasteiger partial charge on any atom is 0 e. The maximum absolute atomic E-state index is 7.17. The SMILES string of the molecule is OB(O)O.[KH].[Sc]. The van der Waals surface area contributed by atoms with Crippen LogP contribution in [0.15, 0.2) is 0 Å². The molecule has 0 aliphatic heterocycles. The molecule has 29 valence electrons. The summed E-state index contributed by atoms with van der Waals surface area (Å²) in [6, 6.07) is 0. The Kier molecular flexibility index (Phi) is 27.5. The molecule has 0 aromatic rings. The fourth-order valence-electron chi connectivity index (χ4n) is 0. The van der Waals surface area contributed by atoms with Gasteiger partial charge in [0.05, 0.1) is 0 Å². The van der Waals surface area contributed by atoms with Crippen LogP contribution in [-0.2, 0) is 25.8 Å². The molecule has 6 heteroatoms. The van der Waals surface area contributed by atoms with Gasteiger partial charge < -0.3 is 15.1 Å². The van der Waals surface area contributed by atoms with Crippen molar-refractivity contribution in [3.63, 3.8) is 0 Å². The zero-order valence-corrected chi connectivity index (χ0v) is 4.30. The molecule has 0 bridgehead atoms. The monoisotopic (exact) mass is 147 g/mol. The standard InChI is InChI=1S/BH3O3.K.Sc.H/c2-1(3)4;;;/h2-4H;;;. The fraction of sp³-hybridized carbons (Fsp3) is 0. The smallest absolute Gasteiger partial charge is 0 e. The van der Waals surface area contributed by atoms with Crippen LogP contribution in [0.25, 0.3) is 0 Å². The Bertz CT molecular complexity index is 15.5. The van der Waals surface area contributed by atoms with E-state index in [1.807, 2.05) is 0 Å². The van der Waals surface area contributed by atoms with Crippen LogP contribution in [0.3, 0.4) is 0 Å². The van der Waals surface area contributed by atoms with Crippen LogP contribution in [0.2, 0.25) is 0 Å². The van der Waals surface area contributed by atoms with Gasteiger partial charge in [0.1, 0.15) is 0 Å². The molecular formula is H4BKO3Sc. The Morgan fingerprint density at radius 3 is 1.00 bits per heavy atom. The number of hydrogen-bond acceptors (Lipinski definition) is 3. The van der Waals surface area contributed by atoms with Crippen molar-refractivity contribution in [3.8, 4) is 0 Å². The molecule has 0 spiro atoms. The van der Waals surface area contributed by atoms with Gasteiger partial charge in [-0.15, -0.1) is 0 Å². The predicted molar refractivity (Wildman–Crippen MR) is 19.6 cm³/mol. The zero-order chi connectivity index (χ0) is 3.58. The van der Waals surface area contributed by atoms with Gasteiger partial charge >= 0.3 is 58.7 Å². The van der Waals surface area contributed by atoms with E-state index in [1.165, 1.54) is 0 Å². The summed E-state index contributed by atoms with van der Waals surface area (Å²) in [5.74, 6) is 0. The summed E-state index contributed by atoms with van der Waals surface area (Å²) in [6.45, 7) is 0. The van der Waals surface area contributed by atoms with Crippen molar-refractivity contribution in [2.75, 3.05) is 0 Å². The molecule has 3 N–H and O–H groups in total. The first-order valence-electron chi connectivity index (χ1n) is 0.775. The van der Waals surface area contributed by atoms with Crippen molar-refractivity contribution in [3.05, 3.63) is 0 Å². The van der Waals surface area contributed by atoms with Crippen LogP contribution in [0.4, 0.5) is 0 Å². The third-order valence-corrected chi connectivity index (χ3v) is 0. The van der Waals surface area contributed by atoms with E-state index in [9.17, 15) is 0 Å². The second-order valence-corrected chi connectivity index (χ2v) is 0.346. The third-order valence-electron chi connectivity index (χ3n) is 0. The molecule has 0 aliphatic carbocycles. The van der Waals surface area contributed by atoms with Gasteiger partial charge in [0.25, 0.3) is 0 Å². The predicted octanol–water partition coefficient (Wildman–Crippen LogP) is -2.70. The van der Waals surface area contributed by atoms with Crippen molar-refractivity contribution in [1.82, 2.24) is 0 Å². The van der Waals surface area contributed by atoms with Crippen LogP contribution in [0.5, 0.6) is 0 Å². The van der Waals surface area contributed by atoms with E-state index in [0.717, 1.165) is 0 Å². The largest absolute Gasteiger partial charge is 0 e. The molecule has 0 heterocycles. The van der Waals surface area contributed by atoms with Gasteiger partial charge in [-0.3, -0.25) is 0 Å². The molecule has 1 radical (unpaired) electrons. The van der Waals surface area contributed by atoms with Gasteiger partial charge in [0, 0.05) is 25.8 Å². The summed E-state index contributed by atoms with van der Waals surface area (Å²) in [7, 11) is -2.17. The van der Waals surface area contributed by atoms with Crippen molar-refractivity contribution >= 4 is 58.7 Å². The van der Waals surface area contributed by atoms with Crippen LogP contribution in [0, 0.1) is 0 Å². The molecule has 0 aromatic carbocycles. The summed E-state index contributed by atoms with van der Waals surface area (Å²) in [4.78, 5) is 0. The van der Waals surface area contributed by atoms with Crippen LogP contribution < -0.4 is 0 Å². The number of hydrogen-bond donors (Lipinski definition) is 3. The quantitative estimate of drug-likeness (QED) is 0.326. The minimum absolute atomic E-state index is 0. The topological polar surface area (TPSA) is 60.7 Å². The van der Waals surface area contributed by atoms with Gasteiger partial charge in [-0.1, -0.05) is 0 Å². The molecule has 3 nitrogen and oxygen atoms in total. The maximum atomic E-state index is 7.17. The third kappa shape index (κ3) is 31.9. The fourth-order valence-corrected chi connectivity index (χ4v) is 0. The Morgan fingerprint density at radius 1 is 1.00 bits per heavy atom. The average molecular weight is 147 g/mol. The van der Waals surface area contributed by atoms with E-state index in [4.69, 9.17) is 15.1 Å². The molecule has 0 aromatic heterocycles. The normalized spacial score (nSPS) is 4.50. The molecule has 6 heavy (non-hydrogen) atoms. The van der Waals surface area contributed by atoms with Crippen molar-refractivity contribution in [2.45, 2.75) is 0 Å². The molecule has 0 saturated heterocycles. The van der Waals surface area contributed by atoms with Crippen LogP contribution >= 0.6 is 0 Å². The molecule has 0 rings (SSSR count). The van der Waals surface area contributed by atoms with Gasteiger partial charge in [-0.2, -0.15) is 0 Å².